The van der Waals surface area contributed by atoms with Gasteiger partial charge >= 0.3 is 0 Å². The summed E-state index contributed by atoms with van der Waals surface area (Å²) in [5.41, 5.74) is 1.93. The normalized spacial score (nSPS) is 15.3. The van der Waals surface area contributed by atoms with E-state index in [2.05, 4.69) is 5.32 Å². The van der Waals surface area contributed by atoms with Crippen LogP contribution in [-0.2, 0) is 26.2 Å². The number of nitrogens with zero attached hydrogens (tertiary/aromatic N) is 2. The smallest absolute Gasteiger partial charge is 0.244 e. The van der Waals surface area contributed by atoms with Gasteiger partial charge in [0.25, 0.3) is 0 Å². The Hall–Kier alpha value is -2.94. The molecule has 0 aromatic heterocycles. The number of sulfonamides is 1. The van der Waals surface area contributed by atoms with E-state index in [4.69, 9.17) is 0 Å². The van der Waals surface area contributed by atoms with Gasteiger partial charge < -0.3 is 10.2 Å². The first-order valence-corrected chi connectivity index (χ1v) is 13.8. The number of halogens is 1. The summed E-state index contributed by atoms with van der Waals surface area (Å²) in [5, 5.41) is 3.06. The van der Waals surface area contributed by atoms with Gasteiger partial charge in [0.05, 0.1) is 11.9 Å². The van der Waals surface area contributed by atoms with Crippen molar-refractivity contribution < 1.29 is 22.4 Å². The monoisotopic (exact) mass is 503 g/mol. The molecule has 0 heterocycles. The predicted octanol–water partition coefficient (Wildman–Crippen LogP) is 3.77. The minimum Gasteiger partial charge on any atom is -0.352 e. The number of rotatable bonds is 9. The first-order chi connectivity index (χ1) is 16.5. The van der Waals surface area contributed by atoms with Crippen LogP contribution in [0.15, 0.2) is 48.5 Å². The molecule has 1 saturated carbocycles. The average molecular weight is 504 g/mol. The van der Waals surface area contributed by atoms with E-state index in [9.17, 15) is 22.4 Å². The molecular weight excluding hydrogens is 469 g/mol. The van der Waals surface area contributed by atoms with Gasteiger partial charge in [0.15, 0.2) is 0 Å². The van der Waals surface area contributed by atoms with Gasteiger partial charge in [-0.05, 0) is 50.5 Å². The molecule has 35 heavy (non-hydrogen) atoms. The largest absolute Gasteiger partial charge is 0.352 e. The Morgan fingerprint density at radius 2 is 1.74 bits per heavy atom. The molecule has 1 N–H and O–H groups in total. The second-order valence-corrected chi connectivity index (χ2v) is 11.2. The zero-order valence-corrected chi connectivity index (χ0v) is 21.4. The molecule has 190 valence electrons. The van der Waals surface area contributed by atoms with Crippen molar-refractivity contribution >= 4 is 27.5 Å². The lowest BCUT2D eigenvalue weighted by Crippen LogP contribution is -2.52. The molecule has 3 rings (SSSR count). The number of anilines is 1. The molecule has 0 bridgehead atoms. The van der Waals surface area contributed by atoms with Crippen LogP contribution in [0.2, 0.25) is 0 Å². The van der Waals surface area contributed by atoms with E-state index in [-0.39, 0.29) is 24.2 Å². The number of carbonyl (C=O) groups is 2. The maximum absolute atomic E-state index is 13.8. The summed E-state index contributed by atoms with van der Waals surface area (Å²) < 4.78 is 39.7. The number of aryl methyl sites for hydroxylation is 1. The van der Waals surface area contributed by atoms with Crippen molar-refractivity contribution in [3.8, 4) is 0 Å². The second kappa shape index (κ2) is 11.7. The number of hydrogen-bond acceptors (Lipinski definition) is 4. The van der Waals surface area contributed by atoms with Crippen LogP contribution >= 0.6 is 0 Å². The maximum Gasteiger partial charge on any atom is 0.244 e. The number of amides is 2. The molecule has 1 aliphatic rings. The van der Waals surface area contributed by atoms with Crippen molar-refractivity contribution in [2.45, 2.75) is 64.6 Å². The molecule has 0 unspecified atom stereocenters. The van der Waals surface area contributed by atoms with E-state index in [0.29, 0.717) is 0 Å². The van der Waals surface area contributed by atoms with Crippen LogP contribution in [0.25, 0.3) is 0 Å². The third-order valence-electron chi connectivity index (χ3n) is 6.37. The van der Waals surface area contributed by atoms with E-state index >= 15 is 0 Å². The Bertz CT molecular complexity index is 1130. The van der Waals surface area contributed by atoms with Crippen LogP contribution in [0.1, 0.15) is 50.2 Å². The van der Waals surface area contributed by atoms with Gasteiger partial charge in [-0.25, -0.2) is 12.8 Å². The standard InChI is InChI=1S/C26H34FN3O4S/c1-19-12-14-21(15-13-19)17-29(20(2)26(32)28-23-9-5-4-6-10-23)25(31)18-30(35(3,33)34)24-11-7-8-22(27)16-24/h7-8,11-16,20,23H,4-6,9-10,17-18H2,1-3H3,(H,28,32)/t20-/m1/s1. The van der Waals surface area contributed by atoms with Crippen molar-refractivity contribution in [2.24, 2.45) is 0 Å². The SMILES string of the molecule is Cc1ccc(CN(C(=O)CN(c2cccc(F)c2)S(C)(=O)=O)[C@H](C)C(=O)NC2CCCCC2)cc1. The fourth-order valence-corrected chi connectivity index (χ4v) is 5.13. The summed E-state index contributed by atoms with van der Waals surface area (Å²) in [4.78, 5) is 28.0. The zero-order valence-electron chi connectivity index (χ0n) is 20.5. The lowest BCUT2D eigenvalue weighted by Gasteiger charge is -2.33. The van der Waals surface area contributed by atoms with Crippen molar-refractivity contribution in [3.05, 3.63) is 65.5 Å². The minimum atomic E-state index is -3.89. The third-order valence-corrected chi connectivity index (χ3v) is 7.51. The van der Waals surface area contributed by atoms with Crippen molar-refractivity contribution in [2.75, 3.05) is 17.1 Å². The Morgan fingerprint density at radius 3 is 2.34 bits per heavy atom. The van der Waals surface area contributed by atoms with E-state index in [1.807, 2.05) is 31.2 Å². The van der Waals surface area contributed by atoms with E-state index in [0.717, 1.165) is 59.9 Å². The summed E-state index contributed by atoms with van der Waals surface area (Å²) >= 11 is 0. The number of carbonyl (C=O) groups excluding carboxylic acids is 2. The summed E-state index contributed by atoms with van der Waals surface area (Å²) in [6.45, 7) is 3.20. The summed E-state index contributed by atoms with van der Waals surface area (Å²) in [5.74, 6) is -1.43. The molecule has 2 amide bonds. The lowest BCUT2D eigenvalue weighted by molar-refractivity contribution is -0.139. The Labute approximate surface area is 207 Å². The van der Waals surface area contributed by atoms with E-state index in [1.54, 1.807) is 6.92 Å². The van der Waals surface area contributed by atoms with Gasteiger partial charge in [0.1, 0.15) is 18.4 Å². The van der Waals surface area contributed by atoms with Gasteiger partial charge in [0, 0.05) is 12.6 Å². The fourth-order valence-electron chi connectivity index (χ4n) is 4.29. The first kappa shape index (κ1) is 26.7. The summed E-state index contributed by atoms with van der Waals surface area (Å²) in [6, 6.07) is 11.9. The molecule has 1 fully saturated rings. The van der Waals surface area contributed by atoms with Gasteiger partial charge in [-0.15, -0.1) is 0 Å². The molecule has 0 radical (unpaired) electrons. The number of nitrogens with one attached hydrogen (secondary N) is 1. The summed E-state index contributed by atoms with van der Waals surface area (Å²) in [6.07, 6.45) is 6.05. The molecular formula is C26H34FN3O4S. The van der Waals surface area contributed by atoms with Crippen LogP contribution in [0.3, 0.4) is 0 Å². The maximum atomic E-state index is 13.8. The highest BCUT2D eigenvalue weighted by atomic mass is 32.2. The molecule has 1 aliphatic carbocycles. The average Bonchev–Trinajstić information content (AvgIpc) is 2.81. The van der Waals surface area contributed by atoms with E-state index in [1.165, 1.54) is 23.1 Å². The van der Waals surface area contributed by atoms with Crippen molar-refractivity contribution in [3.63, 3.8) is 0 Å². The number of benzene rings is 2. The summed E-state index contributed by atoms with van der Waals surface area (Å²) in [7, 11) is -3.89. The molecule has 9 heteroatoms. The Morgan fingerprint density at radius 1 is 1.09 bits per heavy atom. The molecule has 2 aromatic carbocycles. The van der Waals surface area contributed by atoms with Crippen LogP contribution in [0, 0.1) is 12.7 Å². The fraction of sp³-hybridized carbons (Fsp3) is 0.462. The van der Waals surface area contributed by atoms with Gasteiger partial charge in [0.2, 0.25) is 21.8 Å². The Balaban J connectivity index is 1.86. The molecule has 7 nitrogen and oxygen atoms in total. The lowest BCUT2D eigenvalue weighted by atomic mass is 9.95. The topological polar surface area (TPSA) is 86.8 Å². The highest BCUT2D eigenvalue weighted by molar-refractivity contribution is 7.92. The van der Waals surface area contributed by atoms with Gasteiger partial charge in [-0.2, -0.15) is 0 Å². The van der Waals surface area contributed by atoms with Crippen LogP contribution in [-0.4, -0.2) is 50.0 Å². The van der Waals surface area contributed by atoms with E-state index < -0.39 is 34.3 Å². The van der Waals surface area contributed by atoms with Gasteiger partial charge in [-0.3, -0.25) is 13.9 Å². The van der Waals surface area contributed by atoms with Crippen LogP contribution in [0.5, 0.6) is 0 Å². The van der Waals surface area contributed by atoms with Gasteiger partial charge in [-0.1, -0.05) is 55.2 Å². The minimum absolute atomic E-state index is 0.0513. The van der Waals surface area contributed by atoms with Crippen LogP contribution in [0.4, 0.5) is 10.1 Å². The Kier molecular flexibility index (Phi) is 8.88. The molecule has 0 aliphatic heterocycles. The van der Waals surface area contributed by atoms with Crippen LogP contribution < -0.4 is 9.62 Å². The molecule has 0 saturated heterocycles. The van der Waals surface area contributed by atoms with Crippen molar-refractivity contribution in [1.82, 2.24) is 10.2 Å². The highest BCUT2D eigenvalue weighted by Crippen LogP contribution is 2.21. The highest BCUT2D eigenvalue weighted by Gasteiger charge is 2.31. The first-order valence-electron chi connectivity index (χ1n) is 11.9. The van der Waals surface area contributed by atoms with Crippen molar-refractivity contribution in [1.29, 1.82) is 0 Å². The molecule has 0 spiro atoms. The predicted molar refractivity (Wildman–Crippen MR) is 135 cm³/mol. The zero-order chi connectivity index (χ0) is 25.6. The number of hydrogen-bond donors (Lipinski definition) is 1. The molecule has 2 aromatic rings. The quantitative estimate of drug-likeness (QED) is 0.565. The second-order valence-electron chi connectivity index (χ2n) is 9.28. The third kappa shape index (κ3) is 7.52. The molecule has 1 atom stereocenters.